The van der Waals surface area contributed by atoms with E-state index < -0.39 is 12.0 Å². The van der Waals surface area contributed by atoms with Crippen LogP contribution in [0.25, 0.3) is 4.85 Å². The van der Waals surface area contributed by atoms with Gasteiger partial charge in [0, 0.05) is 25.7 Å². The third kappa shape index (κ3) is 21.5. The molecule has 0 bridgehead atoms. The van der Waals surface area contributed by atoms with Crippen molar-refractivity contribution >= 4 is 69.3 Å². The summed E-state index contributed by atoms with van der Waals surface area (Å²) in [4.78, 5) is 51.3. The van der Waals surface area contributed by atoms with E-state index in [1.807, 2.05) is 95.4 Å². The SMILES string of the molecule is C#CCN.C#CCN(C(=O)c1ccccc1I)C(C(=O)NCCCC)c1ccccc1.O=C(O)c1ccccc1I.O=Cc1ccccc1.[C-]#[N+]CCCC. The van der Waals surface area contributed by atoms with Gasteiger partial charge < -0.3 is 25.9 Å². The monoisotopic (exact) mass is 966 g/mol. The van der Waals surface area contributed by atoms with Gasteiger partial charge in [-0.2, -0.15) is 0 Å². The van der Waals surface area contributed by atoms with Gasteiger partial charge in [-0.1, -0.05) is 117 Å². The highest BCUT2D eigenvalue weighted by Gasteiger charge is 2.32. The van der Waals surface area contributed by atoms with Crippen LogP contribution in [0, 0.1) is 38.4 Å². The molecule has 0 aliphatic heterocycles. The van der Waals surface area contributed by atoms with Gasteiger partial charge in [-0.15, -0.1) is 12.8 Å². The molecule has 0 spiro atoms. The first kappa shape index (κ1) is 50.0. The average Bonchev–Trinajstić information content (AvgIpc) is 3.21. The van der Waals surface area contributed by atoms with E-state index in [0.717, 1.165) is 50.2 Å². The van der Waals surface area contributed by atoms with Crippen LogP contribution in [0.4, 0.5) is 0 Å². The standard InChI is InChI=1S/C22H23IN2O2.C7H5IO2.C7H6O.C5H9N.C3H5N/c1-3-5-15-24-21(26)20(17-11-7-6-8-12-17)25(16-4-2)22(27)18-13-9-10-14-19(18)23;8-6-4-2-1-3-5(6)7(9)10;8-6-7-4-2-1-3-5-7;1-3-4-5-6-2;1-2-3-4/h2,6-14,20H,3,5,15-16H2,1H3,(H,24,26);1-4H,(H,9,10);1-6H;3-5H2,1H3;1H,3-4H2. The minimum Gasteiger partial charge on any atom is -0.478 e. The number of hydrogen-bond acceptors (Lipinski definition) is 5. The molecule has 0 radical (unpaired) electrons. The number of amides is 2. The summed E-state index contributed by atoms with van der Waals surface area (Å²) < 4.78 is 1.59. The van der Waals surface area contributed by atoms with Crippen LogP contribution in [0.3, 0.4) is 0 Å². The smallest absolute Gasteiger partial charge is 0.336 e. The van der Waals surface area contributed by atoms with Crippen LogP contribution in [0.2, 0.25) is 0 Å². The Kier molecular flexibility index (Phi) is 29.5. The zero-order chi connectivity index (χ0) is 41.3. The van der Waals surface area contributed by atoms with E-state index in [4.69, 9.17) is 23.8 Å². The molecule has 55 heavy (non-hydrogen) atoms. The molecule has 4 aromatic rings. The maximum absolute atomic E-state index is 13.3. The highest BCUT2D eigenvalue weighted by Crippen LogP contribution is 2.25. The van der Waals surface area contributed by atoms with E-state index in [-0.39, 0.29) is 18.4 Å². The molecule has 1 unspecified atom stereocenters. The maximum atomic E-state index is 13.3. The van der Waals surface area contributed by atoms with Gasteiger partial charge in [0.1, 0.15) is 12.3 Å². The molecule has 0 aliphatic carbocycles. The maximum Gasteiger partial charge on any atom is 0.336 e. The number of aldehydes is 1. The van der Waals surface area contributed by atoms with Crippen molar-refractivity contribution in [2.24, 2.45) is 5.73 Å². The third-order valence-electron chi connectivity index (χ3n) is 6.91. The quantitative estimate of drug-likeness (QED) is 0.0428. The number of carbonyl (C=O) groups excluding carboxylic acids is 3. The van der Waals surface area contributed by atoms with Crippen LogP contribution in [0.1, 0.15) is 82.2 Å². The summed E-state index contributed by atoms with van der Waals surface area (Å²) in [6.07, 6.45) is 15.1. The van der Waals surface area contributed by atoms with E-state index >= 15 is 0 Å². The second-order valence-electron chi connectivity index (χ2n) is 11.0. The number of unbranched alkanes of at least 4 members (excludes halogenated alkanes) is 2. The Bertz CT molecular complexity index is 1830. The fourth-order valence-corrected chi connectivity index (χ4v) is 5.40. The summed E-state index contributed by atoms with van der Waals surface area (Å²) in [5.41, 5.74) is 7.16. The number of nitrogens with two attached hydrogens (primary N) is 1. The van der Waals surface area contributed by atoms with Crippen molar-refractivity contribution in [3.8, 4) is 24.7 Å². The van der Waals surface area contributed by atoms with Gasteiger partial charge in [-0.25, -0.2) is 11.4 Å². The Morgan fingerprint density at radius 1 is 0.836 bits per heavy atom. The van der Waals surface area contributed by atoms with E-state index in [1.165, 1.54) is 4.90 Å². The number of carboxylic acid groups (broad SMARTS) is 1. The highest BCUT2D eigenvalue weighted by atomic mass is 127. The number of benzene rings is 4. The second-order valence-corrected chi connectivity index (χ2v) is 13.4. The number of hydrogen-bond donors (Lipinski definition) is 3. The fraction of sp³-hybridized carbons (Fsp3) is 0.250. The Morgan fingerprint density at radius 3 is 1.71 bits per heavy atom. The molecule has 0 heterocycles. The number of halogens is 2. The molecule has 1 atom stereocenters. The van der Waals surface area contributed by atoms with Crippen LogP contribution in [0.15, 0.2) is 109 Å². The molecule has 11 heteroatoms. The van der Waals surface area contributed by atoms with Crippen LogP contribution in [-0.4, -0.2) is 60.3 Å². The number of carboxylic acids is 1. The molecular weight excluding hydrogens is 918 g/mol. The van der Waals surface area contributed by atoms with Crippen molar-refractivity contribution in [3.05, 3.63) is 150 Å². The van der Waals surface area contributed by atoms with Gasteiger partial charge in [-0.3, -0.25) is 14.4 Å². The number of nitrogens with zero attached hydrogens (tertiary/aromatic N) is 2. The number of carbonyl (C=O) groups is 4. The number of terminal acetylenes is 2. The molecule has 4 aromatic carbocycles. The number of aromatic carboxylic acids is 1. The first-order chi connectivity index (χ1) is 26.6. The van der Waals surface area contributed by atoms with Gasteiger partial charge >= 0.3 is 5.97 Å². The fourth-order valence-electron chi connectivity index (χ4n) is 4.16. The summed E-state index contributed by atoms with van der Waals surface area (Å²) in [7, 11) is 0. The van der Waals surface area contributed by atoms with E-state index in [9.17, 15) is 19.2 Å². The van der Waals surface area contributed by atoms with Gasteiger partial charge in [-0.05, 0) is 87.9 Å². The predicted molar refractivity (Wildman–Crippen MR) is 238 cm³/mol. The largest absolute Gasteiger partial charge is 0.478 e. The van der Waals surface area contributed by atoms with Crippen molar-refractivity contribution in [1.82, 2.24) is 10.2 Å². The first-order valence-electron chi connectivity index (χ1n) is 17.3. The van der Waals surface area contributed by atoms with Crippen molar-refractivity contribution in [3.63, 3.8) is 0 Å². The van der Waals surface area contributed by atoms with Crippen molar-refractivity contribution in [1.29, 1.82) is 0 Å². The summed E-state index contributed by atoms with van der Waals surface area (Å²) in [6.45, 7) is 12.1. The van der Waals surface area contributed by atoms with E-state index in [0.29, 0.717) is 30.8 Å². The molecule has 0 fully saturated rings. The second kappa shape index (κ2) is 32.4. The van der Waals surface area contributed by atoms with Gasteiger partial charge in [0.25, 0.3) is 5.91 Å². The predicted octanol–water partition coefficient (Wildman–Crippen LogP) is 8.80. The average molecular weight is 967 g/mol. The molecule has 0 saturated carbocycles. The minimum absolute atomic E-state index is 0.0462. The Balaban J connectivity index is 0.000000839. The van der Waals surface area contributed by atoms with Crippen LogP contribution < -0.4 is 11.1 Å². The molecule has 4 N–H and O–H groups in total. The first-order valence-corrected chi connectivity index (χ1v) is 19.5. The summed E-state index contributed by atoms with van der Waals surface area (Å²) in [6, 6.07) is 31.8. The van der Waals surface area contributed by atoms with Crippen molar-refractivity contribution < 1.29 is 24.3 Å². The molecule has 288 valence electrons. The van der Waals surface area contributed by atoms with Gasteiger partial charge in [0.2, 0.25) is 12.5 Å². The zero-order valence-corrected chi connectivity index (χ0v) is 35.5. The Morgan fingerprint density at radius 2 is 1.33 bits per heavy atom. The minimum atomic E-state index is -0.870. The van der Waals surface area contributed by atoms with E-state index in [1.54, 1.807) is 36.4 Å². The molecule has 2 amide bonds. The normalized spacial score (nSPS) is 9.64. The molecular formula is C44H48I2N4O5. The van der Waals surface area contributed by atoms with E-state index in [2.05, 4.69) is 64.9 Å². The van der Waals surface area contributed by atoms with Crippen molar-refractivity contribution in [2.45, 2.75) is 45.6 Å². The Hall–Kier alpha value is -5.01. The van der Waals surface area contributed by atoms with Crippen LogP contribution in [0.5, 0.6) is 0 Å². The number of nitrogens with one attached hydrogen (secondary N) is 1. The molecule has 4 rings (SSSR count). The lowest BCUT2D eigenvalue weighted by Crippen LogP contribution is -2.44. The lowest BCUT2D eigenvalue weighted by Gasteiger charge is -2.30. The molecule has 0 saturated heterocycles. The Labute approximate surface area is 353 Å². The number of rotatable bonds is 12. The summed E-state index contributed by atoms with van der Waals surface area (Å²) >= 11 is 4.12. The van der Waals surface area contributed by atoms with Crippen LogP contribution in [-0.2, 0) is 4.79 Å². The molecule has 0 aliphatic rings. The lowest BCUT2D eigenvalue weighted by atomic mass is 10.0. The van der Waals surface area contributed by atoms with Crippen molar-refractivity contribution in [2.75, 3.05) is 26.2 Å². The highest BCUT2D eigenvalue weighted by molar-refractivity contribution is 14.1. The molecule has 0 aromatic heterocycles. The molecule has 9 nitrogen and oxygen atoms in total. The lowest BCUT2D eigenvalue weighted by molar-refractivity contribution is -0.125. The third-order valence-corrected chi connectivity index (χ3v) is 8.79. The topological polar surface area (TPSA) is 134 Å². The summed E-state index contributed by atoms with van der Waals surface area (Å²) in [5, 5.41) is 11.5. The summed E-state index contributed by atoms with van der Waals surface area (Å²) in [5.74, 6) is 3.40. The zero-order valence-electron chi connectivity index (χ0n) is 31.2. The van der Waals surface area contributed by atoms with Crippen LogP contribution >= 0.6 is 45.2 Å². The van der Waals surface area contributed by atoms with Gasteiger partial charge in [0.05, 0.1) is 24.2 Å². The van der Waals surface area contributed by atoms with Gasteiger partial charge in [0.15, 0.2) is 0 Å².